The summed E-state index contributed by atoms with van der Waals surface area (Å²) in [4.78, 5) is 0. The molecular weight excluding hydrogens is 541 g/mol. The summed E-state index contributed by atoms with van der Waals surface area (Å²) in [5.74, 6) is 1.42. The molecule has 2 aliphatic rings. The van der Waals surface area contributed by atoms with E-state index in [0.717, 1.165) is 60.9 Å². The molecule has 206 valence electrons. The van der Waals surface area contributed by atoms with E-state index in [-0.39, 0.29) is 5.82 Å². The third-order valence-corrected chi connectivity index (χ3v) is 9.71. The summed E-state index contributed by atoms with van der Waals surface area (Å²) in [5.41, 5.74) is 9.65. The number of hydrogen-bond acceptors (Lipinski definition) is 1. The van der Waals surface area contributed by atoms with Crippen LogP contribution in [0.2, 0.25) is 0 Å². The summed E-state index contributed by atoms with van der Waals surface area (Å²) in [6.07, 6.45) is 0. The van der Waals surface area contributed by atoms with Gasteiger partial charge in [0.15, 0.2) is 5.75 Å². The molecule has 0 radical (unpaired) electrons. The molecular formula is C41H24FNO. The normalized spacial score (nSPS) is 13.9. The third kappa shape index (κ3) is 2.84. The Kier molecular flexibility index (Phi) is 4.58. The van der Waals surface area contributed by atoms with Crippen LogP contribution in [0.15, 0.2) is 146 Å². The summed E-state index contributed by atoms with van der Waals surface area (Å²) < 4.78 is 23.6. The van der Waals surface area contributed by atoms with E-state index in [0.29, 0.717) is 0 Å². The van der Waals surface area contributed by atoms with Crippen molar-refractivity contribution in [3.63, 3.8) is 0 Å². The predicted molar refractivity (Wildman–Crippen MR) is 176 cm³/mol. The first-order chi connectivity index (χ1) is 21.7. The van der Waals surface area contributed by atoms with Crippen molar-refractivity contribution < 1.29 is 9.13 Å². The van der Waals surface area contributed by atoms with E-state index in [9.17, 15) is 4.39 Å². The first kappa shape index (κ1) is 23.8. The topological polar surface area (TPSA) is 14.2 Å². The Morgan fingerprint density at radius 1 is 0.477 bits per heavy atom. The molecule has 0 fully saturated rings. The summed E-state index contributed by atoms with van der Waals surface area (Å²) in [6.45, 7) is 0. The number of rotatable bonds is 1. The lowest BCUT2D eigenvalue weighted by Crippen LogP contribution is -2.32. The highest BCUT2D eigenvalue weighted by atomic mass is 19.1. The molecule has 0 N–H and O–H groups in total. The molecule has 1 aliphatic carbocycles. The fraction of sp³-hybridized carbons (Fsp3) is 0.0244. The van der Waals surface area contributed by atoms with Gasteiger partial charge in [0.2, 0.25) is 0 Å². The Balaban J connectivity index is 1.44. The van der Waals surface area contributed by atoms with Gasteiger partial charge in [0.05, 0.1) is 16.4 Å². The minimum atomic E-state index is -0.558. The van der Waals surface area contributed by atoms with E-state index in [1.807, 2.05) is 18.2 Å². The molecule has 0 saturated heterocycles. The molecule has 1 aliphatic heterocycles. The molecule has 44 heavy (non-hydrogen) atoms. The number of ether oxygens (including phenoxy) is 1. The van der Waals surface area contributed by atoms with Crippen LogP contribution in [0, 0.1) is 5.82 Å². The van der Waals surface area contributed by atoms with Gasteiger partial charge in [-0.1, -0.05) is 115 Å². The molecule has 2 heterocycles. The minimum absolute atomic E-state index is 0.260. The van der Waals surface area contributed by atoms with Crippen molar-refractivity contribution in [3.05, 3.63) is 174 Å². The summed E-state index contributed by atoms with van der Waals surface area (Å²) in [7, 11) is 0. The molecule has 7 aromatic carbocycles. The molecule has 0 saturated carbocycles. The molecule has 0 atom stereocenters. The Morgan fingerprint density at radius 2 is 1.09 bits per heavy atom. The van der Waals surface area contributed by atoms with Crippen LogP contribution < -0.4 is 4.74 Å². The molecule has 0 bridgehead atoms. The number of hydrogen-bond donors (Lipinski definition) is 0. The van der Waals surface area contributed by atoms with Gasteiger partial charge in [-0.25, -0.2) is 4.39 Å². The van der Waals surface area contributed by atoms with Gasteiger partial charge in [-0.2, -0.15) is 0 Å². The highest BCUT2D eigenvalue weighted by molar-refractivity contribution is 6.20. The number of para-hydroxylation sites is 1. The second-order valence-corrected chi connectivity index (χ2v) is 11.8. The second-order valence-electron chi connectivity index (χ2n) is 11.8. The number of aromatic nitrogens is 1. The average molecular weight is 566 g/mol. The van der Waals surface area contributed by atoms with Crippen LogP contribution in [0.5, 0.6) is 11.5 Å². The molecule has 8 aromatic rings. The average Bonchev–Trinajstić information content (AvgIpc) is 3.57. The van der Waals surface area contributed by atoms with E-state index in [2.05, 4.69) is 120 Å². The Hall–Kier alpha value is -5.67. The second kappa shape index (κ2) is 8.46. The van der Waals surface area contributed by atoms with Crippen molar-refractivity contribution in [2.45, 2.75) is 5.41 Å². The van der Waals surface area contributed by atoms with Gasteiger partial charge < -0.3 is 9.30 Å². The largest absolute Gasteiger partial charge is 0.454 e. The zero-order valence-electron chi connectivity index (χ0n) is 23.6. The van der Waals surface area contributed by atoms with Crippen LogP contribution >= 0.6 is 0 Å². The molecule has 1 spiro atoms. The number of fused-ring (bicyclic) bond motifs is 15. The Morgan fingerprint density at radius 3 is 1.86 bits per heavy atom. The van der Waals surface area contributed by atoms with Crippen molar-refractivity contribution >= 4 is 32.6 Å². The zero-order valence-corrected chi connectivity index (χ0v) is 23.6. The lowest BCUT2D eigenvalue weighted by Gasteiger charge is -2.39. The van der Waals surface area contributed by atoms with Crippen molar-refractivity contribution in [3.8, 4) is 28.3 Å². The van der Waals surface area contributed by atoms with Gasteiger partial charge in [0.25, 0.3) is 0 Å². The molecule has 3 heteroatoms. The minimum Gasteiger partial charge on any atom is -0.454 e. The quantitative estimate of drug-likeness (QED) is 0.193. The van der Waals surface area contributed by atoms with Gasteiger partial charge in [0.1, 0.15) is 11.6 Å². The van der Waals surface area contributed by atoms with Gasteiger partial charge in [-0.3, -0.25) is 0 Å². The maximum Gasteiger partial charge on any atom is 0.156 e. The highest BCUT2D eigenvalue weighted by Gasteiger charge is 2.51. The van der Waals surface area contributed by atoms with Gasteiger partial charge >= 0.3 is 0 Å². The summed E-state index contributed by atoms with van der Waals surface area (Å²) >= 11 is 0. The van der Waals surface area contributed by atoms with Gasteiger partial charge in [-0.15, -0.1) is 0 Å². The predicted octanol–water partition coefficient (Wildman–Crippen LogP) is 10.5. The summed E-state index contributed by atoms with van der Waals surface area (Å²) in [6, 6.07) is 50.2. The lowest BCUT2D eigenvalue weighted by molar-refractivity contribution is 0.440. The molecule has 1 aromatic heterocycles. The fourth-order valence-corrected chi connectivity index (χ4v) is 8.02. The van der Waals surface area contributed by atoms with Crippen molar-refractivity contribution in [1.82, 2.24) is 4.57 Å². The molecule has 10 rings (SSSR count). The van der Waals surface area contributed by atoms with Crippen LogP contribution in [0.4, 0.5) is 4.39 Å². The Labute approximate surface area is 253 Å². The zero-order chi connectivity index (χ0) is 29.0. The van der Waals surface area contributed by atoms with E-state index in [4.69, 9.17) is 4.74 Å². The maximum absolute atomic E-state index is 14.3. The van der Waals surface area contributed by atoms with E-state index in [1.165, 1.54) is 34.4 Å². The van der Waals surface area contributed by atoms with Crippen LogP contribution in [-0.4, -0.2) is 4.57 Å². The molecule has 0 amide bonds. The van der Waals surface area contributed by atoms with E-state index >= 15 is 0 Å². The SMILES string of the molecule is Fc1ccc(-n2c3c4c(ccc3c3ccc5ccccc5c32)C2(c3ccccc3O4)c3ccccc3-c3ccccc32)cc1. The highest BCUT2D eigenvalue weighted by Crippen LogP contribution is 2.63. The van der Waals surface area contributed by atoms with Crippen LogP contribution in [-0.2, 0) is 5.41 Å². The van der Waals surface area contributed by atoms with Crippen LogP contribution in [0.3, 0.4) is 0 Å². The van der Waals surface area contributed by atoms with Crippen molar-refractivity contribution in [2.75, 3.05) is 0 Å². The van der Waals surface area contributed by atoms with Crippen molar-refractivity contribution in [2.24, 2.45) is 0 Å². The Bertz CT molecular complexity index is 2440. The first-order valence-electron chi connectivity index (χ1n) is 15.0. The first-order valence-corrected chi connectivity index (χ1v) is 15.0. The summed E-state index contributed by atoms with van der Waals surface area (Å²) in [5, 5.41) is 4.53. The smallest absolute Gasteiger partial charge is 0.156 e. The molecule has 0 unspecified atom stereocenters. The van der Waals surface area contributed by atoms with Crippen molar-refractivity contribution in [1.29, 1.82) is 0 Å². The standard InChI is InChI=1S/C41H24FNO/c42-26-18-20-27(21-19-26)43-38-28-10-2-1-9-25(28)17-22-31(38)32-23-24-36-40(39(32)43)44-37-16-8-7-15-35(37)41(36)33-13-5-3-11-29(33)30-12-4-6-14-34(30)41/h1-24H. The van der Waals surface area contributed by atoms with Gasteiger partial charge in [0, 0.05) is 33.0 Å². The number of nitrogens with zero attached hydrogens (tertiary/aromatic N) is 1. The number of benzene rings is 7. The lowest BCUT2D eigenvalue weighted by atomic mass is 9.66. The van der Waals surface area contributed by atoms with E-state index < -0.39 is 5.41 Å². The monoisotopic (exact) mass is 565 g/mol. The fourth-order valence-electron chi connectivity index (χ4n) is 8.02. The molecule has 2 nitrogen and oxygen atoms in total. The van der Waals surface area contributed by atoms with Gasteiger partial charge in [-0.05, 0) is 58.0 Å². The van der Waals surface area contributed by atoms with E-state index in [1.54, 1.807) is 0 Å². The maximum atomic E-state index is 14.3. The van der Waals surface area contributed by atoms with Crippen LogP contribution in [0.1, 0.15) is 22.3 Å². The van der Waals surface area contributed by atoms with Crippen LogP contribution in [0.25, 0.3) is 49.4 Å². The third-order valence-electron chi connectivity index (χ3n) is 9.71. The number of halogens is 1.